The van der Waals surface area contributed by atoms with Gasteiger partial charge in [-0.05, 0) is 72.4 Å². The number of carboxylic acid groups (broad SMARTS) is 1. The van der Waals surface area contributed by atoms with Crippen LogP contribution >= 0.6 is 11.6 Å². The van der Waals surface area contributed by atoms with Crippen LogP contribution in [-0.4, -0.2) is 16.1 Å². The fourth-order valence-electron chi connectivity index (χ4n) is 3.79. The minimum atomic E-state index is -1.22. The predicted octanol–water partition coefficient (Wildman–Crippen LogP) is 6.52. The lowest BCUT2D eigenvalue weighted by Crippen LogP contribution is -2.03. The van der Waals surface area contributed by atoms with Gasteiger partial charge in [0.1, 0.15) is 24.1 Å². The summed E-state index contributed by atoms with van der Waals surface area (Å²) in [6, 6.07) is 8.55. The van der Waals surface area contributed by atoms with Crippen molar-refractivity contribution in [2.24, 2.45) is 0 Å². The first-order valence-electron chi connectivity index (χ1n) is 9.81. The van der Waals surface area contributed by atoms with Gasteiger partial charge in [-0.25, -0.2) is 22.9 Å². The maximum absolute atomic E-state index is 14.1. The molecule has 0 spiro atoms. The normalized spacial score (nSPS) is 13.5. The molecular formula is C24H17ClF3NO3. The third kappa shape index (κ3) is 4.62. The average Bonchev–Trinajstić information content (AvgIpc) is 3.23. The molecule has 4 nitrogen and oxygen atoms in total. The van der Waals surface area contributed by atoms with Gasteiger partial charge in [-0.3, -0.25) is 0 Å². The zero-order valence-electron chi connectivity index (χ0n) is 16.7. The Labute approximate surface area is 186 Å². The van der Waals surface area contributed by atoms with Gasteiger partial charge in [-0.15, -0.1) is 0 Å². The van der Waals surface area contributed by atoms with Crippen molar-refractivity contribution in [3.8, 4) is 5.88 Å². The lowest BCUT2D eigenvalue weighted by Gasteiger charge is -2.14. The Morgan fingerprint density at radius 2 is 1.81 bits per heavy atom. The maximum atomic E-state index is 14.1. The number of rotatable bonds is 6. The third-order valence-corrected chi connectivity index (χ3v) is 5.44. The minimum Gasteiger partial charge on any atom is -0.478 e. The Bertz CT molecular complexity index is 1240. The molecule has 1 aliphatic carbocycles. The molecule has 0 bridgehead atoms. The zero-order valence-corrected chi connectivity index (χ0v) is 17.4. The van der Waals surface area contributed by atoms with E-state index >= 15 is 0 Å². The van der Waals surface area contributed by atoms with Crippen LogP contribution in [0.2, 0.25) is 5.02 Å². The quantitative estimate of drug-likeness (QED) is 0.455. The van der Waals surface area contributed by atoms with Gasteiger partial charge in [0.15, 0.2) is 0 Å². The summed E-state index contributed by atoms with van der Waals surface area (Å²) in [6.07, 6.45) is 3.39. The molecule has 0 saturated heterocycles. The maximum Gasteiger partial charge on any atom is 0.335 e. The van der Waals surface area contributed by atoms with Gasteiger partial charge in [0.05, 0.1) is 10.6 Å². The van der Waals surface area contributed by atoms with Crippen LogP contribution in [0.5, 0.6) is 5.88 Å². The monoisotopic (exact) mass is 459 g/mol. The molecule has 164 valence electrons. The number of carbonyl (C=O) groups is 1. The molecule has 0 unspecified atom stereocenters. The van der Waals surface area contributed by atoms with Crippen molar-refractivity contribution in [2.75, 3.05) is 0 Å². The van der Waals surface area contributed by atoms with Crippen molar-refractivity contribution < 1.29 is 27.8 Å². The van der Waals surface area contributed by atoms with Gasteiger partial charge in [0.2, 0.25) is 5.88 Å². The molecule has 1 aliphatic rings. The van der Waals surface area contributed by atoms with Crippen molar-refractivity contribution in [2.45, 2.75) is 25.9 Å². The van der Waals surface area contributed by atoms with E-state index in [1.165, 1.54) is 24.4 Å². The molecule has 0 saturated carbocycles. The number of hydrogen-bond donors (Lipinski definition) is 1. The molecule has 4 rings (SSSR count). The van der Waals surface area contributed by atoms with Crippen molar-refractivity contribution in [1.82, 2.24) is 4.98 Å². The summed E-state index contributed by atoms with van der Waals surface area (Å²) >= 11 is 6.16. The molecule has 0 fully saturated rings. The Kier molecular flexibility index (Phi) is 6.19. The van der Waals surface area contributed by atoms with Gasteiger partial charge >= 0.3 is 5.97 Å². The average molecular weight is 460 g/mol. The number of nitrogens with zero attached hydrogens (tertiary/aromatic N) is 1. The Morgan fingerprint density at radius 3 is 2.56 bits per heavy atom. The van der Waals surface area contributed by atoms with Crippen LogP contribution in [-0.2, 0) is 6.61 Å². The second kappa shape index (κ2) is 9.04. The lowest BCUT2D eigenvalue weighted by atomic mass is 9.96. The Balaban J connectivity index is 1.74. The molecule has 0 atom stereocenters. The van der Waals surface area contributed by atoms with E-state index in [0.717, 1.165) is 35.8 Å². The highest BCUT2D eigenvalue weighted by Gasteiger charge is 2.23. The van der Waals surface area contributed by atoms with Crippen molar-refractivity contribution in [1.29, 1.82) is 0 Å². The number of aromatic carboxylic acids is 1. The number of allylic oxidation sites excluding steroid dienone is 2. The number of benzene rings is 2. The Hall–Kier alpha value is -3.32. The molecule has 1 aromatic heterocycles. The van der Waals surface area contributed by atoms with Crippen LogP contribution in [0.3, 0.4) is 0 Å². The summed E-state index contributed by atoms with van der Waals surface area (Å²) < 4.78 is 47.0. The van der Waals surface area contributed by atoms with Crippen LogP contribution in [0.25, 0.3) is 11.1 Å². The minimum absolute atomic E-state index is 0.147. The van der Waals surface area contributed by atoms with E-state index in [0.29, 0.717) is 29.0 Å². The highest BCUT2D eigenvalue weighted by molar-refractivity contribution is 6.30. The van der Waals surface area contributed by atoms with Crippen molar-refractivity contribution in [3.63, 3.8) is 0 Å². The van der Waals surface area contributed by atoms with Crippen molar-refractivity contribution in [3.05, 3.63) is 93.4 Å². The van der Waals surface area contributed by atoms with Crippen LogP contribution in [0.1, 0.15) is 46.3 Å². The largest absolute Gasteiger partial charge is 0.478 e. The highest BCUT2D eigenvalue weighted by atomic mass is 35.5. The first-order chi connectivity index (χ1) is 15.3. The number of carboxylic acids is 1. The molecule has 3 aromatic rings. The molecular weight excluding hydrogens is 443 g/mol. The van der Waals surface area contributed by atoms with Gasteiger partial charge < -0.3 is 9.84 Å². The summed E-state index contributed by atoms with van der Waals surface area (Å²) in [7, 11) is 0. The van der Waals surface area contributed by atoms with E-state index in [1.54, 1.807) is 6.07 Å². The van der Waals surface area contributed by atoms with E-state index in [9.17, 15) is 23.1 Å². The van der Waals surface area contributed by atoms with Gasteiger partial charge in [-0.2, -0.15) is 0 Å². The topological polar surface area (TPSA) is 59.4 Å². The number of pyridine rings is 1. The van der Waals surface area contributed by atoms with E-state index in [1.807, 2.05) is 0 Å². The summed E-state index contributed by atoms with van der Waals surface area (Å²) in [5, 5.41) is 9.62. The van der Waals surface area contributed by atoms with E-state index < -0.39 is 23.4 Å². The molecule has 2 aromatic carbocycles. The molecule has 8 heteroatoms. The van der Waals surface area contributed by atoms with Gasteiger partial charge in [0.25, 0.3) is 0 Å². The predicted molar refractivity (Wildman–Crippen MR) is 114 cm³/mol. The van der Waals surface area contributed by atoms with Crippen molar-refractivity contribution >= 4 is 28.7 Å². The van der Waals surface area contributed by atoms with E-state index in [2.05, 4.69) is 4.98 Å². The van der Waals surface area contributed by atoms with E-state index in [-0.39, 0.29) is 23.6 Å². The number of aromatic nitrogens is 1. The first kappa shape index (κ1) is 21.9. The SMILES string of the molecule is O=C(O)c1cc(F)cc(C2=C(c3cc(Cl)cnc3OCc3ccc(F)cc3F)CCC2)c1. The second-order valence-electron chi connectivity index (χ2n) is 7.38. The molecule has 0 radical (unpaired) electrons. The van der Waals surface area contributed by atoms with Gasteiger partial charge in [-0.1, -0.05) is 11.6 Å². The van der Waals surface area contributed by atoms with Gasteiger partial charge in [0, 0.05) is 23.4 Å². The van der Waals surface area contributed by atoms with Crippen LogP contribution < -0.4 is 4.74 Å². The first-order valence-corrected chi connectivity index (χ1v) is 10.2. The van der Waals surface area contributed by atoms with Crippen LogP contribution in [0, 0.1) is 17.5 Å². The Morgan fingerprint density at radius 1 is 1.03 bits per heavy atom. The molecule has 1 heterocycles. The summed E-state index contributed by atoms with van der Waals surface area (Å²) in [4.78, 5) is 15.6. The summed E-state index contributed by atoms with van der Waals surface area (Å²) in [5.74, 6) is -3.09. The fraction of sp³-hybridized carbons (Fsp3) is 0.167. The molecule has 1 N–H and O–H groups in total. The van der Waals surface area contributed by atoms with Crippen LogP contribution in [0.4, 0.5) is 13.2 Å². The number of ether oxygens (including phenoxy) is 1. The highest BCUT2D eigenvalue weighted by Crippen LogP contribution is 2.43. The molecule has 0 amide bonds. The molecule has 0 aliphatic heterocycles. The number of hydrogen-bond acceptors (Lipinski definition) is 3. The van der Waals surface area contributed by atoms with Crippen LogP contribution in [0.15, 0.2) is 48.7 Å². The molecule has 32 heavy (non-hydrogen) atoms. The summed E-state index contributed by atoms with van der Waals surface area (Å²) in [5.41, 5.74) is 2.61. The third-order valence-electron chi connectivity index (χ3n) is 5.23. The van der Waals surface area contributed by atoms with E-state index in [4.69, 9.17) is 16.3 Å². The fourth-order valence-corrected chi connectivity index (χ4v) is 3.95. The lowest BCUT2D eigenvalue weighted by molar-refractivity contribution is 0.0696. The second-order valence-corrected chi connectivity index (χ2v) is 7.81. The smallest absolute Gasteiger partial charge is 0.335 e. The number of halogens is 4. The zero-order chi connectivity index (χ0) is 22.8. The summed E-state index contributed by atoms with van der Waals surface area (Å²) in [6.45, 7) is -0.181. The standard InChI is InChI=1S/C24H17ClF3NO3/c25-16-9-21(23(29-11-16)32-12-13-4-5-17(26)10-22(13)28)20-3-1-2-19(20)14-6-15(24(30)31)8-18(27)7-14/h4-11H,1-3,12H2,(H,30,31).